The van der Waals surface area contributed by atoms with E-state index in [1.54, 1.807) is 11.8 Å². The number of rotatable bonds is 5. The maximum absolute atomic E-state index is 11.8. The molecule has 19 heavy (non-hydrogen) atoms. The molecule has 1 aliphatic rings. The van der Waals surface area contributed by atoms with Crippen molar-refractivity contribution in [2.75, 3.05) is 11.6 Å². The molecule has 2 rings (SSSR count). The molecule has 0 aromatic heterocycles. The first kappa shape index (κ1) is 14.2. The first-order valence-electron chi connectivity index (χ1n) is 6.49. The third-order valence-corrected chi connectivity index (χ3v) is 3.73. The number of thioether (sulfide) groups is 1. The molecular formula is C14H20N2O2S. The smallest absolute Gasteiger partial charge is 0.238 e. The summed E-state index contributed by atoms with van der Waals surface area (Å²) in [5, 5.41) is 6.10. The van der Waals surface area contributed by atoms with Crippen LogP contribution < -0.4 is 15.4 Å². The van der Waals surface area contributed by atoms with Crippen molar-refractivity contribution in [3.8, 4) is 5.75 Å². The second kappa shape index (κ2) is 6.82. The highest BCUT2D eigenvalue weighted by Crippen LogP contribution is 2.14. The summed E-state index contributed by atoms with van der Waals surface area (Å²) in [6.45, 7) is 4.56. The van der Waals surface area contributed by atoms with E-state index >= 15 is 0 Å². The first-order valence-corrected chi connectivity index (χ1v) is 7.65. The zero-order valence-corrected chi connectivity index (χ0v) is 12.1. The largest absolute Gasteiger partial charge is 0.491 e. The Bertz CT molecular complexity index is 414. The van der Waals surface area contributed by atoms with E-state index in [1.807, 2.05) is 38.1 Å². The van der Waals surface area contributed by atoms with Crippen LogP contribution in [0.2, 0.25) is 0 Å². The van der Waals surface area contributed by atoms with Gasteiger partial charge in [0.1, 0.15) is 5.75 Å². The molecule has 0 radical (unpaired) electrons. The summed E-state index contributed by atoms with van der Waals surface area (Å²) < 4.78 is 5.58. The molecular weight excluding hydrogens is 260 g/mol. The second-order valence-corrected chi connectivity index (χ2v) is 5.83. The van der Waals surface area contributed by atoms with Crippen LogP contribution in [0.5, 0.6) is 5.75 Å². The highest BCUT2D eigenvalue weighted by atomic mass is 32.2. The van der Waals surface area contributed by atoms with E-state index in [-0.39, 0.29) is 18.1 Å². The SMILES string of the molecule is CC(C)Oc1ccc(CNC(=O)C2CSCN2)cc1. The van der Waals surface area contributed by atoms with Gasteiger partial charge in [-0.1, -0.05) is 12.1 Å². The van der Waals surface area contributed by atoms with Crippen LogP contribution in [-0.4, -0.2) is 29.7 Å². The number of benzene rings is 1. The normalized spacial score (nSPS) is 18.6. The highest BCUT2D eigenvalue weighted by Gasteiger charge is 2.21. The van der Waals surface area contributed by atoms with E-state index in [0.29, 0.717) is 6.54 Å². The molecule has 1 amide bonds. The minimum atomic E-state index is -0.0476. The Morgan fingerprint density at radius 2 is 2.21 bits per heavy atom. The average molecular weight is 280 g/mol. The summed E-state index contributed by atoms with van der Waals surface area (Å²) in [7, 11) is 0. The number of hydrogen-bond acceptors (Lipinski definition) is 4. The molecule has 1 atom stereocenters. The minimum absolute atomic E-state index is 0.0476. The Balaban J connectivity index is 1.80. The van der Waals surface area contributed by atoms with Gasteiger partial charge in [0.2, 0.25) is 5.91 Å². The van der Waals surface area contributed by atoms with Gasteiger partial charge < -0.3 is 10.1 Å². The van der Waals surface area contributed by atoms with E-state index in [4.69, 9.17) is 4.74 Å². The fraction of sp³-hybridized carbons (Fsp3) is 0.500. The number of nitrogens with one attached hydrogen (secondary N) is 2. The van der Waals surface area contributed by atoms with E-state index < -0.39 is 0 Å². The molecule has 0 aliphatic carbocycles. The number of carbonyl (C=O) groups excluding carboxylic acids is 1. The van der Waals surface area contributed by atoms with Gasteiger partial charge >= 0.3 is 0 Å². The van der Waals surface area contributed by atoms with Crippen LogP contribution in [0.1, 0.15) is 19.4 Å². The predicted octanol–water partition coefficient (Wildman–Crippen LogP) is 1.75. The second-order valence-electron chi connectivity index (χ2n) is 4.80. The molecule has 0 spiro atoms. The summed E-state index contributed by atoms with van der Waals surface area (Å²) in [4.78, 5) is 11.8. The van der Waals surface area contributed by atoms with Gasteiger partial charge in [-0.2, -0.15) is 0 Å². The van der Waals surface area contributed by atoms with Gasteiger partial charge in [-0.3, -0.25) is 10.1 Å². The van der Waals surface area contributed by atoms with E-state index in [0.717, 1.165) is 22.9 Å². The lowest BCUT2D eigenvalue weighted by Crippen LogP contribution is -2.41. The van der Waals surface area contributed by atoms with Gasteiger partial charge in [-0.25, -0.2) is 0 Å². The minimum Gasteiger partial charge on any atom is -0.491 e. The van der Waals surface area contributed by atoms with Crippen LogP contribution in [0.3, 0.4) is 0 Å². The van der Waals surface area contributed by atoms with E-state index in [2.05, 4.69) is 10.6 Å². The molecule has 1 heterocycles. The monoisotopic (exact) mass is 280 g/mol. The van der Waals surface area contributed by atoms with Crippen molar-refractivity contribution in [3.63, 3.8) is 0 Å². The van der Waals surface area contributed by atoms with Gasteiger partial charge in [-0.05, 0) is 31.5 Å². The van der Waals surface area contributed by atoms with E-state index in [1.165, 1.54) is 0 Å². The van der Waals surface area contributed by atoms with Crippen LogP contribution in [0.4, 0.5) is 0 Å². The fourth-order valence-corrected chi connectivity index (χ4v) is 2.78. The quantitative estimate of drug-likeness (QED) is 0.863. The van der Waals surface area contributed by atoms with Crippen molar-refractivity contribution in [1.29, 1.82) is 0 Å². The average Bonchev–Trinajstić information content (AvgIpc) is 2.91. The lowest BCUT2D eigenvalue weighted by Gasteiger charge is -2.12. The zero-order chi connectivity index (χ0) is 13.7. The summed E-state index contributed by atoms with van der Waals surface area (Å²) in [6, 6.07) is 7.79. The molecule has 1 saturated heterocycles. The molecule has 0 saturated carbocycles. The maximum Gasteiger partial charge on any atom is 0.238 e. The fourth-order valence-electron chi connectivity index (χ4n) is 1.83. The van der Waals surface area contributed by atoms with Crippen molar-refractivity contribution in [2.24, 2.45) is 0 Å². The van der Waals surface area contributed by atoms with Crippen molar-refractivity contribution in [3.05, 3.63) is 29.8 Å². The van der Waals surface area contributed by atoms with Gasteiger partial charge in [0, 0.05) is 18.2 Å². The lowest BCUT2D eigenvalue weighted by atomic mass is 10.2. The Morgan fingerprint density at radius 3 is 2.79 bits per heavy atom. The zero-order valence-electron chi connectivity index (χ0n) is 11.3. The molecule has 1 aliphatic heterocycles. The van der Waals surface area contributed by atoms with Crippen molar-refractivity contribution >= 4 is 17.7 Å². The summed E-state index contributed by atoms with van der Waals surface area (Å²) in [5.74, 6) is 2.65. The molecule has 1 aromatic carbocycles. The third-order valence-electron chi connectivity index (χ3n) is 2.79. The number of ether oxygens (including phenoxy) is 1. The van der Waals surface area contributed by atoms with Gasteiger partial charge in [0.25, 0.3) is 0 Å². The third kappa shape index (κ3) is 4.44. The molecule has 0 bridgehead atoms. The summed E-state index contributed by atoms with van der Waals surface area (Å²) in [5.41, 5.74) is 1.08. The Kier molecular flexibility index (Phi) is 5.10. The topological polar surface area (TPSA) is 50.4 Å². The van der Waals surface area contributed by atoms with Crippen LogP contribution in [0, 0.1) is 0 Å². The van der Waals surface area contributed by atoms with Crippen LogP contribution in [0.15, 0.2) is 24.3 Å². The van der Waals surface area contributed by atoms with E-state index in [9.17, 15) is 4.79 Å². The Morgan fingerprint density at radius 1 is 1.47 bits per heavy atom. The number of amides is 1. The van der Waals surface area contributed by atoms with Gasteiger partial charge in [-0.15, -0.1) is 11.8 Å². The molecule has 5 heteroatoms. The number of carbonyl (C=O) groups is 1. The maximum atomic E-state index is 11.8. The standard InChI is InChI=1S/C14H20N2O2S/c1-10(2)18-12-5-3-11(4-6-12)7-15-14(17)13-8-19-9-16-13/h3-6,10,13,16H,7-9H2,1-2H3,(H,15,17). The molecule has 4 nitrogen and oxygen atoms in total. The predicted molar refractivity (Wildman–Crippen MR) is 78.3 cm³/mol. The van der Waals surface area contributed by atoms with Crippen molar-refractivity contribution < 1.29 is 9.53 Å². The molecule has 1 unspecified atom stereocenters. The van der Waals surface area contributed by atoms with Crippen LogP contribution >= 0.6 is 11.8 Å². The molecule has 104 valence electrons. The molecule has 1 aromatic rings. The lowest BCUT2D eigenvalue weighted by molar-refractivity contribution is -0.122. The van der Waals surface area contributed by atoms with Gasteiger partial charge in [0.15, 0.2) is 0 Å². The first-order chi connectivity index (χ1) is 9.15. The van der Waals surface area contributed by atoms with Crippen molar-refractivity contribution in [2.45, 2.75) is 32.5 Å². The Labute approximate surface area is 118 Å². The van der Waals surface area contributed by atoms with Crippen LogP contribution in [0.25, 0.3) is 0 Å². The molecule has 1 fully saturated rings. The summed E-state index contributed by atoms with van der Waals surface area (Å²) >= 11 is 1.75. The molecule has 2 N–H and O–H groups in total. The summed E-state index contributed by atoms with van der Waals surface area (Å²) in [6.07, 6.45) is 0.177. The van der Waals surface area contributed by atoms with Crippen molar-refractivity contribution in [1.82, 2.24) is 10.6 Å². The Hall–Kier alpha value is -1.20. The van der Waals surface area contributed by atoms with Crippen LogP contribution in [-0.2, 0) is 11.3 Å². The number of hydrogen-bond donors (Lipinski definition) is 2. The van der Waals surface area contributed by atoms with Gasteiger partial charge in [0.05, 0.1) is 12.1 Å². The highest BCUT2D eigenvalue weighted by molar-refractivity contribution is 7.99.